The van der Waals surface area contributed by atoms with Crippen LogP contribution in [-0.2, 0) is 4.79 Å². The molecule has 5 heteroatoms. The van der Waals surface area contributed by atoms with Gasteiger partial charge in [0.2, 0.25) is 5.91 Å². The summed E-state index contributed by atoms with van der Waals surface area (Å²) in [6.07, 6.45) is 0.867. The van der Waals surface area contributed by atoms with Gasteiger partial charge in [-0.15, -0.1) is 0 Å². The molecule has 2 N–H and O–H groups in total. The van der Waals surface area contributed by atoms with Crippen LogP contribution in [0.15, 0.2) is 42.5 Å². The van der Waals surface area contributed by atoms with Crippen LogP contribution in [0.2, 0.25) is 10.0 Å². The average Bonchev–Trinajstić information content (AvgIpc) is 2.45. The molecule has 0 spiro atoms. The molecule has 1 atom stereocenters. The first-order valence-corrected chi connectivity index (χ1v) is 7.84. The summed E-state index contributed by atoms with van der Waals surface area (Å²) in [7, 11) is 0. The standard InChI is InChI=1S/C17H18Cl2N2O/c1-3-17(15-8-7-12(18)9-16(15)19)21-14-6-4-5-13(10-14)20-11(2)22/h4-10,17,21H,3H2,1-2H3,(H,20,22). The molecule has 1 amide bonds. The van der Waals surface area contributed by atoms with Crippen LogP contribution >= 0.6 is 23.2 Å². The molecule has 2 aromatic carbocycles. The van der Waals surface area contributed by atoms with Crippen LogP contribution in [-0.4, -0.2) is 5.91 Å². The van der Waals surface area contributed by atoms with Crippen molar-refractivity contribution in [2.75, 3.05) is 10.6 Å². The molecule has 0 aliphatic rings. The van der Waals surface area contributed by atoms with Gasteiger partial charge in [-0.2, -0.15) is 0 Å². The molecule has 0 aliphatic carbocycles. The second-order valence-electron chi connectivity index (χ2n) is 5.03. The Morgan fingerprint density at radius 2 is 1.86 bits per heavy atom. The molecule has 0 saturated heterocycles. The van der Waals surface area contributed by atoms with Crippen molar-refractivity contribution in [3.05, 3.63) is 58.1 Å². The summed E-state index contributed by atoms with van der Waals surface area (Å²) in [6, 6.07) is 13.2. The van der Waals surface area contributed by atoms with E-state index in [1.165, 1.54) is 6.92 Å². The van der Waals surface area contributed by atoms with E-state index in [1.807, 2.05) is 36.4 Å². The SMILES string of the molecule is CCC(Nc1cccc(NC(C)=O)c1)c1ccc(Cl)cc1Cl. The molecule has 116 valence electrons. The number of halogens is 2. The third-order valence-corrected chi connectivity index (χ3v) is 3.83. The summed E-state index contributed by atoms with van der Waals surface area (Å²) < 4.78 is 0. The van der Waals surface area contributed by atoms with E-state index in [-0.39, 0.29) is 11.9 Å². The quantitative estimate of drug-likeness (QED) is 0.755. The van der Waals surface area contributed by atoms with Crippen molar-refractivity contribution in [2.45, 2.75) is 26.3 Å². The highest BCUT2D eigenvalue weighted by Crippen LogP contribution is 2.31. The largest absolute Gasteiger partial charge is 0.378 e. The Labute approximate surface area is 140 Å². The maximum absolute atomic E-state index is 11.1. The van der Waals surface area contributed by atoms with E-state index in [0.717, 1.165) is 23.4 Å². The Balaban J connectivity index is 2.21. The minimum atomic E-state index is -0.0927. The minimum absolute atomic E-state index is 0.0670. The molecule has 0 aromatic heterocycles. The van der Waals surface area contributed by atoms with Crippen molar-refractivity contribution in [1.29, 1.82) is 0 Å². The van der Waals surface area contributed by atoms with E-state index < -0.39 is 0 Å². The minimum Gasteiger partial charge on any atom is -0.378 e. The number of nitrogens with one attached hydrogen (secondary N) is 2. The number of rotatable bonds is 5. The lowest BCUT2D eigenvalue weighted by Gasteiger charge is -2.20. The van der Waals surface area contributed by atoms with E-state index >= 15 is 0 Å². The first kappa shape index (κ1) is 16.7. The monoisotopic (exact) mass is 336 g/mol. The summed E-state index contributed by atoms with van der Waals surface area (Å²) in [4.78, 5) is 11.1. The zero-order valence-electron chi connectivity index (χ0n) is 12.5. The van der Waals surface area contributed by atoms with Crippen LogP contribution in [0.5, 0.6) is 0 Å². The molecule has 0 fully saturated rings. The second kappa shape index (κ2) is 7.52. The highest BCUT2D eigenvalue weighted by atomic mass is 35.5. The molecule has 2 rings (SSSR count). The average molecular weight is 337 g/mol. The van der Waals surface area contributed by atoms with Crippen LogP contribution in [0.25, 0.3) is 0 Å². The van der Waals surface area contributed by atoms with Crippen molar-refractivity contribution >= 4 is 40.5 Å². The number of carbonyl (C=O) groups is 1. The molecule has 0 saturated carbocycles. The van der Waals surface area contributed by atoms with Gasteiger partial charge in [0, 0.05) is 28.3 Å². The molecule has 0 aliphatic heterocycles. The summed E-state index contributed by atoms with van der Waals surface area (Å²) in [5, 5.41) is 7.48. The number of amides is 1. The molecule has 2 aromatic rings. The number of hydrogen-bond acceptors (Lipinski definition) is 2. The smallest absolute Gasteiger partial charge is 0.221 e. The molecule has 1 unspecified atom stereocenters. The molecular weight excluding hydrogens is 319 g/mol. The lowest BCUT2D eigenvalue weighted by molar-refractivity contribution is -0.114. The van der Waals surface area contributed by atoms with Crippen molar-refractivity contribution in [3.63, 3.8) is 0 Å². The fourth-order valence-electron chi connectivity index (χ4n) is 2.28. The van der Waals surface area contributed by atoms with Crippen LogP contribution < -0.4 is 10.6 Å². The van der Waals surface area contributed by atoms with Gasteiger partial charge in [-0.05, 0) is 42.3 Å². The number of carbonyl (C=O) groups excluding carboxylic acids is 1. The molecule has 0 bridgehead atoms. The molecule has 22 heavy (non-hydrogen) atoms. The third-order valence-electron chi connectivity index (χ3n) is 3.27. The van der Waals surface area contributed by atoms with Crippen LogP contribution in [0.3, 0.4) is 0 Å². The second-order valence-corrected chi connectivity index (χ2v) is 5.88. The van der Waals surface area contributed by atoms with Gasteiger partial charge in [-0.1, -0.05) is 42.3 Å². The van der Waals surface area contributed by atoms with Crippen LogP contribution in [0.4, 0.5) is 11.4 Å². The van der Waals surface area contributed by atoms with Gasteiger partial charge in [0.25, 0.3) is 0 Å². The molecule has 3 nitrogen and oxygen atoms in total. The van der Waals surface area contributed by atoms with Gasteiger partial charge in [0.1, 0.15) is 0 Å². The summed E-state index contributed by atoms with van der Waals surface area (Å²) in [6.45, 7) is 3.57. The van der Waals surface area contributed by atoms with E-state index in [4.69, 9.17) is 23.2 Å². The van der Waals surface area contributed by atoms with E-state index in [1.54, 1.807) is 6.07 Å². The van der Waals surface area contributed by atoms with Crippen LogP contribution in [0, 0.1) is 0 Å². The van der Waals surface area contributed by atoms with Gasteiger partial charge in [-0.25, -0.2) is 0 Å². The number of hydrogen-bond donors (Lipinski definition) is 2. The zero-order chi connectivity index (χ0) is 16.1. The van der Waals surface area contributed by atoms with Crippen molar-refractivity contribution in [3.8, 4) is 0 Å². The topological polar surface area (TPSA) is 41.1 Å². The Morgan fingerprint density at radius 3 is 2.50 bits per heavy atom. The first-order valence-electron chi connectivity index (χ1n) is 7.08. The number of benzene rings is 2. The predicted octanol–water partition coefficient (Wildman–Crippen LogP) is 5.52. The zero-order valence-corrected chi connectivity index (χ0v) is 14.0. The van der Waals surface area contributed by atoms with Crippen molar-refractivity contribution < 1.29 is 4.79 Å². The maximum atomic E-state index is 11.1. The molecular formula is C17H18Cl2N2O. The summed E-state index contributed by atoms with van der Waals surface area (Å²) >= 11 is 12.2. The van der Waals surface area contributed by atoms with E-state index in [9.17, 15) is 4.79 Å². The highest BCUT2D eigenvalue weighted by Gasteiger charge is 2.13. The normalized spacial score (nSPS) is 11.8. The Kier molecular flexibility index (Phi) is 5.69. The summed E-state index contributed by atoms with van der Waals surface area (Å²) in [5.74, 6) is -0.0927. The van der Waals surface area contributed by atoms with Gasteiger partial charge >= 0.3 is 0 Å². The number of anilines is 2. The van der Waals surface area contributed by atoms with Crippen molar-refractivity contribution in [2.24, 2.45) is 0 Å². The van der Waals surface area contributed by atoms with Gasteiger partial charge in [0.15, 0.2) is 0 Å². The summed E-state index contributed by atoms with van der Waals surface area (Å²) in [5.41, 5.74) is 2.68. The Hall–Kier alpha value is -1.71. The first-order chi connectivity index (χ1) is 10.5. The fourth-order valence-corrected chi connectivity index (χ4v) is 2.82. The predicted molar refractivity (Wildman–Crippen MR) is 93.9 cm³/mol. The van der Waals surface area contributed by atoms with Gasteiger partial charge < -0.3 is 10.6 Å². The fraction of sp³-hybridized carbons (Fsp3) is 0.235. The molecule has 0 radical (unpaired) electrons. The highest BCUT2D eigenvalue weighted by molar-refractivity contribution is 6.35. The van der Waals surface area contributed by atoms with Gasteiger partial charge in [-0.3, -0.25) is 4.79 Å². The maximum Gasteiger partial charge on any atom is 0.221 e. The van der Waals surface area contributed by atoms with E-state index in [0.29, 0.717) is 10.0 Å². The third kappa shape index (κ3) is 4.39. The van der Waals surface area contributed by atoms with Crippen LogP contribution in [0.1, 0.15) is 31.9 Å². The van der Waals surface area contributed by atoms with E-state index in [2.05, 4.69) is 17.6 Å². The Morgan fingerprint density at radius 1 is 1.14 bits per heavy atom. The Bertz CT molecular complexity index is 673. The lowest BCUT2D eigenvalue weighted by atomic mass is 10.0. The van der Waals surface area contributed by atoms with Gasteiger partial charge in [0.05, 0.1) is 6.04 Å². The molecule has 0 heterocycles. The van der Waals surface area contributed by atoms with Crippen molar-refractivity contribution in [1.82, 2.24) is 0 Å². The lowest BCUT2D eigenvalue weighted by Crippen LogP contribution is -2.11.